The summed E-state index contributed by atoms with van der Waals surface area (Å²) >= 11 is 0. The van der Waals surface area contributed by atoms with Gasteiger partial charge in [0.15, 0.2) is 5.82 Å². The molecule has 2 heterocycles. The summed E-state index contributed by atoms with van der Waals surface area (Å²) in [6, 6.07) is 2.57. The van der Waals surface area contributed by atoms with Crippen molar-refractivity contribution in [3.8, 4) is 11.4 Å². The van der Waals surface area contributed by atoms with Crippen LogP contribution in [0.3, 0.4) is 0 Å². The smallest absolute Gasteiger partial charge is 0.162 e. The van der Waals surface area contributed by atoms with Crippen LogP contribution in [0, 0.1) is 0 Å². The van der Waals surface area contributed by atoms with E-state index in [1.165, 1.54) is 12.8 Å². The number of nitrogens with zero attached hydrogens (tertiary/aromatic N) is 2. The van der Waals surface area contributed by atoms with Crippen LogP contribution in [0.1, 0.15) is 18.4 Å². The highest BCUT2D eigenvalue weighted by Gasteiger charge is 2.19. The van der Waals surface area contributed by atoms with Crippen molar-refractivity contribution in [1.29, 1.82) is 0 Å². The second-order valence-electron chi connectivity index (χ2n) is 4.08. The van der Waals surface area contributed by atoms with Gasteiger partial charge in [-0.1, -0.05) is 0 Å². The van der Waals surface area contributed by atoms with E-state index in [-0.39, 0.29) is 0 Å². The van der Waals surface area contributed by atoms with Crippen molar-refractivity contribution in [2.24, 2.45) is 0 Å². The van der Waals surface area contributed by atoms with Gasteiger partial charge in [0.1, 0.15) is 6.26 Å². The van der Waals surface area contributed by atoms with Gasteiger partial charge in [0.05, 0.1) is 11.8 Å². The first-order valence-electron chi connectivity index (χ1n) is 5.49. The third-order valence-corrected chi connectivity index (χ3v) is 2.66. The first-order chi connectivity index (χ1) is 7.92. The van der Waals surface area contributed by atoms with Gasteiger partial charge < -0.3 is 9.73 Å². The lowest BCUT2D eigenvalue weighted by Gasteiger charge is -2.02. The highest BCUT2D eigenvalue weighted by atomic mass is 16.3. The molecule has 0 unspecified atom stereocenters. The summed E-state index contributed by atoms with van der Waals surface area (Å²) in [5, 5.41) is 3.43. The van der Waals surface area contributed by atoms with Gasteiger partial charge in [0, 0.05) is 30.5 Å². The Balaban J connectivity index is 1.69. The van der Waals surface area contributed by atoms with Gasteiger partial charge in [0.2, 0.25) is 0 Å². The van der Waals surface area contributed by atoms with Gasteiger partial charge in [-0.15, -0.1) is 0 Å². The number of hydrogen-bond donors (Lipinski definition) is 1. The van der Waals surface area contributed by atoms with Crippen LogP contribution in [0.4, 0.5) is 0 Å². The molecule has 1 aliphatic rings. The van der Waals surface area contributed by atoms with Crippen molar-refractivity contribution in [1.82, 2.24) is 15.3 Å². The molecule has 0 atom stereocenters. The van der Waals surface area contributed by atoms with E-state index in [0.717, 1.165) is 17.7 Å². The van der Waals surface area contributed by atoms with Crippen molar-refractivity contribution in [2.75, 3.05) is 0 Å². The molecule has 82 valence electrons. The van der Waals surface area contributed by atoms with E-state index in [9.17, 15) is 0 Å². The second kappa shape index (κ2) is 4.06. The molecule has 0 radical (unpaired) electrons. The van der Waals surface area contributed by atoms with Crippen LogP contribution < -0.4 is 5.32 Å². The zero-order chi connectivity index (χ0) is 10.8. The van der Waals surface area contributed by atoms with Crippen LogP contribution in [0.25, 0.3) is 11.4 Å². The molecule has 0 bridgehead atoms. The van der Waals surface area contributed by atoms with Crippen molar-refractivity contribution in [3.05, 3.63) is 36.5 Å². The molecule has 1 N–H and O–H groups in total. The minimum atomic E-state index is 0.712. The summed E-state index contributed by atoms with van der Waals surface area (Å²) in [5.41, 5.74) is 2.04. The lowest BCUT2D eigenvalue weighted by atomic mass is 10.3. The van der Waals surface area contributed by atoms with Gasteiger partial charge in [-0.05, 0) is 18.9 Å². The maximum atomic E-state index is 4.99. The van der Waals surface area contributed by atoms with E-state index in [1.807, 2.05) is 18.5 Å². The van der Waals surface area contributed by atoms with E-state index in [4.69, 9.17) is 4.42 Å². The minimum Gasteiger partial charge on any atom is -0.472 e. The molecular weight excluding hydrogens is 202 g/mol. The van der Waals surface area contributed by atoms with Crippen LogP contribution in [0.15, 0.2) is 35.4 Å². The van der Waals surface area contributed by atoms with E-state index < -0.39 is 0 Å². The minimum absolute atomic E-state index is 0.712. The van der Waals surface area contributed by atoms with Gasteiger partial charge in [-0.3, -0.25) is 0 Å². The average molecular weight is 215 g/mol. The van der Waals surface area contributed by atoms with Crippen LogP contribution in [-0.2, 0) is 6.54 Å². The van der Waals surface area contributed by atoms with Crippen molar-refractivity contribution >= 4 is 0 Å². The zero-order valence-corrected chi connectivity index (χ0v) is 8.89. The molecule has 4 heteroatoms. The molecule has 1 aliphatic carbocycles. The van der Waals surface area contributed by atoms with Crippen molar-refractivity contribution in [2.45, 2.75) is 25.4 Å². The topological polar surface area (TPSA) is 51.0 Å². The third kappa shape index (κ3) is 2.12. The summed E-state index contributed by atoms with van der Waals surface area (Å²) in [6.45, 7) is 0.857. The molecule has 0 aromatic carbocycles. The largest absolute Gasteiger partial charge is 0.472 e. The van der Waals surface area contributed by atoms with Crippen LogP contribution in [0.2, 0.25) is 0 Å². The van der Waals surface area contributed by atoms with Crippen LogP contribution in [0.5, 0.6) is 0 Å². The summed E-state index contributed by atoms with van der Waals surface area (Å²) in [5.74, 6) is 0.712. The van der Waals surface area contributed by atoms with Gasteiger partial charge in [-0.2, -0.15) is 0 Å². The number of furan rings is 1. The molecule has 2 aromatic rings. The average Bonchev–Trinajstić information content (AvgIpc) is 3.00. The number of hydrogen-bond acceptors (Lipinski definition) is 4. The molecule has 4 nitrogen and oxygen atoms in total. The summed E-state index contributed by atoms with van der Waals surface area (Å²) in [6.07, 6.45) is 9.61. The summed E-state index contributed by atoms with van der Waals surface area (Å²) in [7, 11) is 0. The fraction of sp³-hybridized carbons (Fsp3) is 0.333. The molecule has 1 saturated carbocycles. The van der Waals surface area contributed by atoms with Gasteiger partial charge in [-0.25, -0.2) is 9.97 Å². The summed E-state index contributed by atoms with van der Waals surface area (Å²) < 4.78 is 4.99. The zero-order valence-electron chi connectivity index (χ0n) is 8.89. The van der Waals surface area contributed by atoms with Crippen LogP contribution >= 0.6 is 0 Å². The number of rotatable bonds is 4. The Morgan fingerprint density at radius 3 is 2.75 bits per heavy atom. The summed E-state index contributed by atoms with van der Waals surface area (Å²) in [4.78, 5) is 8.62. The number of aromatic nitrogens is 2. The van der Waals surface area contributed by atoms with E-state index in [2.05, 4.69) is 15.3 Å². The Bertz CT molecular complexity index is 446. The van der Waals surface area contributed by atoms with E-state index in [0.29, 0.717) is 11.9 Å². The molecule has 1 fully saturated rings. The van der Waals surface area contributed by atoms with Crippen LogP contribution in [-0.4, -0.2) is 16.0 Å². The Morgan fingerprint density at radius 2 is 2.12 bits per heavy atom. The fourth-order valence-corrected chi connectivity index (χ4v) is 1.54. The van der Waals surface area contributed by atoms with Gasteiger partial charge in [0.25, 0.3) is 0 Å². The second-order valence-corrected chi connectivity index (χ2v) is 4.08. The highest BCUT2D eigenvalue weighted by molar-refractivity contribution is 5.51. The van der Waals surface area contributed by atoms with Crippen molar-refractivity contribution in [3.63, 3.8) is 0 Å². The lowest BCUT2D eigenvalue weighted by molar-refractivity contribution is 0.568. The van der Waals surface area contributed by atoms with E-state index >= 15 is 0 Å². The SMILES string of the molecule is c1cc(-c2ncc(CNC3CC3)cn2)co1. The molecule has 16 heavy (non-hydrogen) atoms. The third-order valence-electron chi connectivity index (χ3n) is 2.66. The molecule has 0 saturated heterocycles. The highest BCUT2D eigenvalue weighted by Crippen LogP contribution is 2.19. The Labute approximate surface area is 93.7 Å². The normalized spacial score (nSPS) is 15.2. The van der Waals surface area contributed by atoms with Gasteiger partial charge >= 0.3 is 0 Å². The van der Waals surface area contributed by atoms with Crippen molar-refractivity contribution < 1.29 is 4.42 Å². The lowest BCUT2D eigenvalue weighted by Crippen LogP contribution is -2.15. The predicted molar refractivity (Wildman–Crippen MR) is 59.6 cm³/mol. The molecule has 3 rings (SSSR count). The Hall–Kier alpha value is -1.68. The maximum absolute atomic E-state index is 4.99. The monoisotopic (exact) mass is 215 g/mol. The fourth-order valence-electron chi connectivity index (χ4n) is 1.54. The first kappa shape index (κ1) is 9.54. The standard InChI is InChI=1S/C12H13N3O/c1-2-11(1)13-5-9-6-14-12(15-7-9)10-3-4-16-8-10/h3-4,6-8,11,13H,1-2,5H2. The Kier molecular flexibility index (Phi) is 2.42. The molecular formula is C12H13N3O. The molecule has 0 aliphatic heterocycles. The predicted octanol–water partition coefficient (Wildman–Crippen LogP) is 1.99. The number of nitrogens with one attached hydrogen (secondary N) is 1. The Morgan fingerprint density at radius 1 is 1.31 bits per heavy atom. The maximum Gasteiger partial charge on any atom is 0.162 e. The first-order valence-corrected chi connectivity index (χ1v) is 5.49. The van der Waals surface area contributed by atoms with E-state index in [1.54, 1.807) is 12.5 Å². The molecule has 0 spiro atoms. The molecule has 0 amide bonds. The quantitative estimate of drug-likeness (QED) is 0.847. The molecule has 2 aromatic heterocycles.